The quantitative estimate of drug-likeness (QED) is 0.918. The van der Waals surface area contributed by atoms with Crippen LogP contribution in [0.2, 0.25) is 0 Å². The number of amides is 1. The highest BCUT2D eigenvalue weighted by atomic mass is 16.2. The van der Waals surface area contributed by atoms with E-state index < -0.39 is 5.41 Å². The summed E-state index contributed by atoms with van der Waals surface area (Å²) in [5.74, 6) is 0.0337. The molecule has 0 saturated carbocycles. The fraction of sp³-hybridized carbons (Fsp3) is 0.312. The van der Waals surface area contributed by atoms with Gasteiger partial charge in [0.15, 0.2) is 0 Å². The van der Waals surface area contributed by atoms with Gasteiger partial charge in [0.05, 0.1) is 11.1 Å². The van der Waals surface area contributed by atoms with Crippen LogP contribution < -0.4 is 10.6 Å². The predicted octanol–water partition coefficient (Wildman–Crippen LogP) is 2.79. The molecule has 3 nitrogen and oxygen atoms in total. The molecule has 0 aliphatic rings. The normalized spacial score (nSPS) is 11.6. The fourth-order valence-corrected chi connectivity index (χ4v) is 2.15. The number of fused-ring (bicyclic) bond motifs is 1. The number of hydrogen-bond acceptors (Lipinski definition) is 2. The van der Waals surface area contributed by atoms with Crippen molar-refractivity contribution in [3.8, 4) is 0 Å². The van der Waals surface area contributed by atoms with Crippen molar-refractivity contribution >= 4 is 22.4 Å². The molecule has 1 amide bonds. The molecule has 0 radical (unpaired) electrons. The minimum Gasteiger partial charge on any atom is -0.329 e. The maximum absolute atomic E-state index is 12.5. The third-order valence-corrected chi connectivity index (χ3v) is 3.52. The second-order valence-corrected chi connectivity index (χ2v) is 5.45. The Labute approximate surface area is 114 Å². The summed E-state index contributed by atoms with van der Waals surface area (Å²) in [6.45, 7) is 4.08. The molecule has 0 atom stereocenters. The summed E-state index contributed by atoms with van der Waals surface area (Å²) in [5, 5.41) is 2.21. The summed E-state index contributed by atoms with van der Waals surface area (Å²) in [5.41, 5.74) is 6.06. The Balaban J connectivity index is 2.48. The molecule has 0 aliphatic heterocycles. The van der Waals surface area contributed by atoms with Gasteiger partial charge in [0.1, 0.15) is 0 Å². The molecule has 19 heavy (non-hydrogen) atoms. The molecule has 0 aromatic heterocycles. The number of nitrogens with zero attached hydrogens (tertiary/aromatic N) is 1. The van der Waals surface area contributed by atoms with Gasteiger partial charge in [-0.05, 0) is 25.3 Å². The number of benzene rings is 2. The highest BCUT2D eigenvalue weighted by Crippen LogP contribution is 2.28. The van der Waals surface area contributed by atoms with Crippen molar-refractivity contribution in [3.05, 3.63) is 42.5 Å². The average molecular weight is 256 g/mol. The van der Waals surface area contributed by atoms with Gasteiger partial charge < -0.3 is 10.6 Å². The number of rotatable bonds is 3. The van der Waals surface area contributed by atoms with Crippen LogP contribution in [0.5, 0.6) is 0 Å². The first-order valence-corrected chi connectivity index (χ1v) is 6.43. The summed E-state index contributed by atoms with van der Waals surface area (Å²) >= 11 is 0. The average Bonchev–Trinajstić information content (AvgIpc) is 2.45. The van der Waals surface area contributed by atoms with E-state index in [0.717, 1.165) is 16.5 Å². The number of carbonyl (C=O) groups is 1. The van der Waals surface area contributed by atoms with Crippen molar-refractivity contribution in [1.29, 1.82) is 0 Å². The molecule has 100 valence electrons. The SMILES string of the molecule is CN(C(=O)C(C)(C)CN)c1cccc2ccccc12. The fourth-order valence-electron chi connectivity index (χ4n) is 2.15. The lowest BCUT2D eigenvalue weighted by Gasteiger charge is -2.29. The van der Waals surface area contributed by atoms with Crippen molar-refractivity contribution in [3.63, 3.8) is 0 Å². The molecule has 0 spiro atoms. The predicted molar refractivity (Wildman–Crippen MR) is 80.2 cm³/mol. The molecular weight excluding hydrogens is 236 g/mol. The van der Waals surface area contributed by atoms with Crippen LogP contribution in [0.4, 0.5) is 5.69 Å². The standard InChI is InChI=1S/C16H20N2O/c1-16(2,11-17)15(19)18(3)14-10-6-8-12-7-4-5-9-13(12)14/h4-10H,11,17H2,1-3H3. The number of nitrogens with two attached hydrogens (primary N) is 1. The van der Waals surface area contributed by atoms with Gasteiger partial charge in [-0.2, -0.15) is 0 Å². The Morgan fingerprint density at radius 2 is 1.79 bits per heavy atom. The summed E-state index contributed by atoms with van der Waals surface area (Å²) < 4.78 is 0. The third-order valence-electron chi connectivity index (χ3n) is 3.52. The van der Waals surface area contributed by atoms with E-state index >= 15 is 0 Å². The largest absolute Gasteiger partial charge is 0.329 e. The van der Waals surface area contributed by atoms with Crippen LogP contribution in [0.3, 0.4) is 0 Å². The summed E-state index contributed by atoms with van der Waals surface area (Å²) in [4.78, 5) is 14.2. The van der Waals surface area contributed by atoms with Crippen molar-refractivity contribution in [1.82, 2.24) is 0 Å². The van der Waals surface area contributed by atoms with Crippen LogP contribution in [-0.2, 0) is 4.79 Å². The van der Waals surface area contributed by atoms with E-state index in [1.165, 1.54) is 0 Å². The molecule has 0 bridgehead atoms. The molecule has 0 saturated heterocycles. The van der Waals surface area contributed by atoms with E-state index in [1.807, 2.05) is 63.4 Å². The minimum atomic E-state index is -0.550. The molecular formula is C16H20N2O. The monoisotopic (exact) mass is 256 g/mol. The van der Waals surface area contributed by atoms with Gasteiger partial charge in [-0.15, -0.1) is 0 Å². The maximum atomic E-state index is 12.5. The maximum Gasteiger partial charge on any atom is 0.233 e. The molecule has 0 unspecified atom stereocenters. The van der Waals surface area contributed by atoms with E-state index in [0.29, 0.717) is 6.54 Å². The first kappa shape index (κ1) is 13.6. The Morgan fingerprint density at radius 1 is 1.16 bits per heavy atom. The zero-order valence-corrected chi connectivity index (χ0v) is 11.7. The van der Waals surface area contributed by atoms with Gasteiger partial charge >= 0.3 is 0 Å². The van der Waals surface area contributed by atoms with E-state index in [2.05, 4.69) is 0 Å². The van der Waals surface area contributed by atoms with Crippen molar-refractivity contribution in [2.24, 2.45) is 11.1 Å². The number of hydrogen-bond donors (Lipinski definition) is 1. The molecule has 0 aliphatic carbocycles. The molecule has 2 rings (SSSR count). The topological polar surface area (TPSA) is 46.3 Å². The third kappa shape index (κ3) is 2.47. The second-order valence-electron chi connectivity index (χ2n) is 5.45. The second kappa shape index (κ2) is 5.02. The molecule has 2 N–H and O–H groups in total. The lowest BCUT2D eigenvalue weighted by atomic mass is 9.91. The van der Waals surface area contributed by atoms with Crippen LogP contribution in [0.1, 0.15) is 13.8 Å². The lowest BCUT2D eigenvalue weighted by molar-refractivity contribution is -0.125. The van der Waals surface area contributed by atoms with Crippen LogP contribution in [0.15, 0.2) is 42.5 Å². The van der Waals surface area contributed by atoms with Gasteiger partial charge in [-0.1, -0.05) is 36.4 Å². The van der Waals surface area contributed by atoms with Crippen LogP contribution in [-0.4, -0.2) is 19.5 Å². The summed E-state index contributed by atoms with van der Waals surface area (Å²) in [6.07, 6.45) is 0. The first-order chi connectivity index (χ1) is 8.97. The van der Waals surface area contributed by atoms with Gasteiger partial charge in [0.2, 0.25) is 5.91 Å². The lowest BCUT2D eigenvalue weighted by Crippen LogP contribution is -2.43. The first-order valence-electron chi connectivity index (χ1n) is 6.43. The summed E-state index contributed by atoms with van der Waals surface area (Å²) in [6, 6.07) is 14.0. The van der Waals surface area contributed by atoms with Crippen molar-refractivity contribution in [2.45, 2.75) is 13.8 Å². The van der Waals surface area contributed by atoms with Gasteiger partial charge in [0, 0.05) is 19.0 Å². The molecule has 2 aromatic carbocycles. The van der Waals surface area contributed by atoms with Crippen molar-refractivity contribution in [2.75, 3.05) is 18.5 Å². The van der Waals surface area contributed by atoms with Crippen LogP contribution in [0.25, 0.3) is 10.8 Å². The Hall–Kier alpha value is -1.87. The minimum absolute atomic E-state index is 0.0337. The Morgan fingerprint density at radius 3 is 2.47 bits per heavy atom. The highest BCUT2D eigenvalue weighted by Gasteiger charge is 2.30. The Kier molecular flexibility index (Phi) is 3.58. The van der Waals surface area contributed by atoms with Crippen LogP contribution in [0, 0.1) is 5.41 Å². The molecule has 3 heteroatoms. The van der Waals surface area contributed by atoms with E-state index in [9.17, 15) is 4.79 Å². The highest BCUT2D eigenvalue weighted by molar-refractivity contribution is 6.05. The van der Waals surface area contributed by atoms with Crippen molar-refractivity contribution < 1.29 is 4.79 Å². The zero-order valence-electron chi connectivity index (χ0n) is 11.7. The Bertz CT molecular complexity index is 599. The number of anilines is 1. The van der Waals surface area contributed by atoms with E-state index in [-0.39, 0.29) is 5.91 Å². The summed E-state index contributed by atoms with van der Waals surface area (Å²) in [7, 11) is 1.81. The van der Waals surface area contributed by atoms with Gasteiger partial charge in [-0.3, -0.25) is 4.79 Å². The van der Waals surface area contributed by atoms with Crippen LogP contribution >= 0.6 is 0 Å². The van der Waals surface area contributed by atoms with Gasteiger partial charge in [0.25, 0.3) is 0 Å². The smallest absolute Gasteiger partial charge is 0.233 e. The van der Waals surface area contributed by atoms with E-state index in [4.69, 9.17) is 5.73 Å². The zero-order chi connectivity index (χ0) is 14.0. The molecule has 2 aromatic rings. The van der Waals surface area contributed by atoms with Gasteiger partial charge in [-0.25, -0.2) is 0 Å². The number of carbonyl (C=O) groups excluding carboxylic acids is 1. The molecule has 0 heterocycles. The van der Waals surface area contributed by atoms with E-state index in [1.54, 1.807) is 4.90 Å². The molecule has 0 fully saturated rings.